The molecule has 35 heteroatoms. The number of rotatable bonds is 13. The molecule has 12 amide bonds. The van der Waals surface area contributed by atoms with Gasteiger partial charge in [-0.15, -0.1) is 0 Å². The standard InChI is InChI=1S/C64H84N16O15S4/c1-2-3-15-40-61(91)78-20-9-17-49(78)60(90)77-48(64(94)95)33-99-98-31-46-58(88)74-44(29-81)55(85)73-43(25-37-28-66-34-68-37)62(92)80-22-11-19-51(80)63(93)79-21-10-18-50(79)59(89)76-47(32-97-96-30-45(56(86)75-46)69-52(82)26-65)57(87)71-41(23-35-12-5-4-6-13-35)53(83)72-42(54(84)70-40)24-36-27-67-39-16-8-7-14-38(36)39/h4-8,12-14,16,27-28,34,40-51,67,81H,2-3,9-11,15,17-26,29-33,65H2,1H3,(H,66,68)(H,69,82)(H,70,84)(H,71,87)(H,72,83)(H,73,85)(H,74,88)(H,75,86)(H,76,89)(H,77,90)(H,94,95)/t40-,41-,42-,43-,44-,45-,46-,47-,48-,49-,50-,51-/m0/s1. The number of nitrogens with zero attached hydrogens (tertiary/aromatic N) is 4. The number of amides is 12. The molecule has 5 aliphatic rings. The van der Waals surface area contributed by atoms with Crippen molar-refractivity contribution in [2.75, 3.05) is 55.8 Å². The number of hydrogen-bond donors (Lipinski definition) is 14. The van der Waals surface area contributed by atoms with E-state index in [2.05, 4.69) is 62.8 Å². The van der Waals surface area contributed by atoms with Crippen LogP contribution in [-0.4, -0.2) is 245 Å². The van der Waals surface area contributed by atoms with Crippen molar-refractivity contribution in [1.82, 2.24) is 77.5 Å². The Bertz CT molecular complexity index is 3570. The maximum atomic E-state index is 15.3. The Morgan fingerprint density at radius 3 is 1.74 bits per heavy atom. The first kappa shape index (κ1) is 74.8. The highest BCUT2D eigenvalue weighted by atomic mass is 33.1. The molecular formula is C64H84N16O15S4. The lowest BCUT2D eigenvalue weighted by atomic mass is 10.0. The molecule has 0 aliphatic carbocycles. The Hall–Kier alpha value is -8.38. The summed E-state index contributed by atoms with van der Waals surface area (Å²) < 4.78 is 0. The van der Waals surface area contributed by atoms with Crippen molar-refractivity contribution in [1.29, 1.82) is 0 Å². The van der Waals surface area contributed by atoms with Gasteiger partial charge in [0, 0.05) is 90.9 Å². The highest BCUT2D eigenvalue weighted by molar-refractivity contribution is 8.77. The molecule has 0 radical (unpaired) electrons. The van der Waals surface area contributed by atoms with Crippen LogP contribution in [0.5, 0.6) is 0 Å². The number of carboxylic acids is 1. The molecule has 9 rings (SSSR count). The van der Waals surface area contributed by atoms with Crippen LogP contribution in [0.4, 0.5) is 0 Å². The molecule has 5 aliphatic heterocycles. The van der Waals surface area contributed by atoms with Crippen molar-refractivity contribution >= 4 is 131 Å². The van der Waals surface area contributed by atoms with Crippen LogP contribution in [0.15, 0.2) is 73.3 Å². The Labute approximate surface area is 586 Å². The zero-order chi connectivity index (χ0) is 70.7. The summed E-state index contributed by atoms with van der Waals surface area (Å²) in [6, 6.07) is -1.21. The number of aliphatic hydroxyl groups excluding tert-OH is 1. The fourth-order valence-corrected chi connectivity index (χ4v) is 17.2. The van der Waals surface area contributed by atoms with Gasteiger partial charge in [0.1, 0.15) is 72.5 Å². The number of aliphatic hydroxyl groups is 1. The van der Waals surface area contributed by atoms with E-state index in [0.29, 0.717) is 48.9 Å². The number of carbonyl (C=O) groups is 13. The summed E-state index contributed by atoms with van der Waals surface area (Å²) in [5.74, 6) is -12.7. The number of nitrogens with two attached hydrogens (primary N) is 1. The van der Waals surface area contributed by atoms with Crippen LogP contribution in [0.3, 0.4) is 0 Å². The molecule has 2 bridgehead atoms. The van der Waals surface area contributed by atoms with Crippen LogP contribution in [-0.2, 0) is 81.6 Å². The molecule has 0 saturated carbocycles. The number of imidazole rings is 1. The summed E-state index contributed by atoms with van der Waals surface area (Å²) in [5, 5.41) is 46.2. The minimum atomic E-state index is -1.79. The van der Waals surface area contributed by atoms with E-state index in [4.69, 9.17) is 5.73 Å². The average Bonchev–Trinajstić information content (AvgIpc) is 1.67. The van der Waals surface area contributed by atoms with E-state index < -0.39 is 163 Å². The van der Waals surface area contributed by atoms with E-state index in [9.17, 15) is 58.2 Å². The molecule has 99 heavy (non-hydrogen) atoms. The fraction of sp³-hybridized carbons (Fsp3) is 0.531. The molecule has 0 unspecified atom stereocenters. The van der Waals surface area contributed by atoms with Gasteiger partial charge in [-0.05, 0) is 62.1 Å². The third-order valence-electron chi connectivity index (χ3n) is 17.8. The van der Waals surface area contributed by atoms with Crippen molar-refractivity contribution in [3.63, 3.8) is 0 Å². The predicted molar refractivity (Wildman–Crippen MR) is 369 cm³/mol. The maximum absolute atomic E-state index is 15.3. The fourth-order valence-electron chi connectivity index (χ4n) is 12.6. The number of carbonyl (C=O) groups excluding carboxylic acids is 12. The average molecular weight is 1450 g/mol. The number of aliphatic carboxylic acids is 1. The third kappa shape index (κ3) is 19.8. The first-order valence-corrected chi connectivity index (χ1v) is 38.0. The largest absolute Gasteiger partial charge is 0.480 e. The van der Waals surface area contributed by atoms with Crippen molar-refractivity contribution in [2.24, 2.45) is 5.73 Å². The van der Waals surface area contributed by atoms with Crippen LogP contribution in [0, 0.1) is 0 Å². The number of aromatic amines is 2. The van der Waals surface area contributed by atoms with E-state index in [-0.39, 0.29) is 87.6 Å². The van der Waals surface area contributed by atoms with Crippen molar-refractivity contribution in [3.8, 4) is 0 Å². The minimum absolute atomic E-state index is 0.0560. The molecule has 2 aromatic heterocycles. The number of unbranched alkanes of at least 4 members (excludes halogenated alkanes) is 1. The summed E-state index contributed by atoms with van der Waals surface area (Å²) in [6.45, 7) is 0.461. The number of H-pyrrole nitrogens is 2. The first-order chi connectivity index (χ1) is 47.7. The Kier molecular flexibility index (Phi) is 27.3. The zero-order valence-electron chi connectivity index (χ0n) is 54.4. The molecule has 2 aromatic carbocycles. The predicted octanol–water partition coefficient (Wildman–Crippen LogP) is -1.73. The molecule has 0 spiro atoms. The van der Waals surface area contributed by atoms with Gasteiger partial charge in [-0.2, -0.15) is 0 Å². The normalized spacial score (nSPS) is 27.5. The van der Waals surface area contributed by atoms with Gasteiger partial charge < -0.3 is 88.5 Å². The number of carboxylic acid groups (broad SMARTS) is 1. The van der Waals surface area contributed by atoms with E-state index in [1.54, 1.807) is 42.6 Å². The number of nitrogens with one attached hydrogen (secondary N) is 11. The highest BCUT2D eigenvalue weighted by Crippen LogP contribution is 2.30. The van der Waals surface area contributed by atoms with Crippen LogP contribution in [0.2, 0.25) is 0 Å². The smallest absolute Gasteiger partial charge is 0.327 e. The van der Waals surface area contributed by atoms with E-state index in [1.807, 2.05) is 25.1 Å². The number of hydrogen-bond acceptors (Lipinski definition) is 20. The first-order valence-electron chi connectivity index (χ1n) is 33.0. The molecule has 534 valence electrons. The zero-order valence-corrected chi connectivity index (χ0v) is 57.7. The molecule has 31 nitrogen and oxygen atoms in total. The van der Waals surface area contributed by atoms with Crippen molar-refractivity contribution in [2.45, 2.75) is 156 Å². The summed E-state index contributed by atoms with van der Waals surface area (Å²) in [4.78, 5) is 203. The lowest BCUT2D eigenvalue weighted by Crippen LogP contribution is -2.61. The lowest BCUT2D eigenvalue weighted by molar-refractivity contribution is -0.148. The molecule has 15 N–H and O–H groups in total. The van der Waals surface area contributed by atoms with Gasteiger partial charge in [-0.3, -0.25) is 57.5 Å². The Morgan fingerprint density at radius 1 is 0.566 bits per heavy atom. The topological polar surface area (TPSA) is 451 Å². The second-order valence-electron chi connectivity index (χ2n) is 24.7. The Morgan fingerprint density at radius 2 is 1.10 bits per heavy atom. The van der Waals surface area contributed by atoms with Gasteiger partial charge in [0.2, 0.25) is 70.9 Å². The summed E-state index contributed by atoms with van der Waals surface area (Å²) in [6.07, 6.45) is 6.54. The van der Waals surface area contributed by atoms with Crippen LogP contribution in [0.1, 0.15) is 81.5 Å². The number of fused-ring (bicyclic) bond motifs is 12. The quantitative estimate of drug-likeness (QED) is 0.0662. The second kappa shape index (κ2) is 36.1. The second-order valence-corrected chi connectivity index (χ2v) is 29.8. The highest BCUT2D eigenvalue weighted by Gasteiger charge is 2.46. The molecule has 4 aromatic rings. The Balaban J connectivity index is 1.12. The van der Waals surface area contributed by atoms with E-state index in [0.717, 1.165) is 54.1 Å². The molecule has 7 heterocycles. The van der Waals surface area contributed by atoms with Crippen LogP contribution >= 0.6 is 43.2 Å². The SMILES string of the molecule is CCCC[C@@H]1NC(=O)[C@H](Cc2c[nH]c3ccccc23)NC(=O)[C@H](Cc2ccccc2)NC(=O)[C@@H]2CSSC[C@H](NC(=O)CN)C(=O)N[C@@H](CSSC[C@@H](C(=O)O)NC(=O)[C@@H]3CCCN3C1=O)C(=O)N[C@@H](CO)C(=O)N[C@@H](Cc1cnc[nH]1)C(=O)N1CCC[C@H]1C(=O)N1CCC[C@H]1C(=O)N2. The van der Waals surface area contributed by atoms with Gasteiger partial charge in [-0.1, -0.05) is 111 Å². The summed E-state index contributed by atoms with van der Waals surface area (Å²) in [7, 11) is 3.66. The van der Waals surface area contributed by atoms with Gasteiger partial charge in [-0.25, -0.2) is 9.78 Å². The van der Waals surface area contributed by atoms with Crippen molar-refractivity contribution < 1.29 is 72.5 Å². The number of benzene rings is 2. The van der Waals surface area contributed by atoms with Gasteiger partial charge in [0.15, 0.2) is 0 Å². The van der Waals surface area contributed by atoms with Gasteiger partial charge in [0.05, 0.1) is 19.5 Å². The molecule has 5 fully saturated rings. The van der Waals surface area contributed by atoms with Crippen LogP contribution < -0.4 is 53.6 Å². The van der Waals surface area contributed by atoms with Crippen LogP contribution in [0.25, 0.3) is 10.9 Å². The van der Waals surface area contributed by atoms with E-state index >= 15 is 14.4 Å². The third-order valence-corrected chi connectivity index (χ3v) is 22.7. The van der Waals surface area contributed by atoms with Crippen molar-refractivity contribution in [3.05, 3.63) is 90.1 Å². The summed E-state index contributed by atoms with van der Waals surface area (Å²) in [5.41, 5.74) is 8.01. The maximum Gasteiger partial charge on any atom is 0.327 e. The molecule has 12 atom stereocenters. The molecular weight excluding hydrogens is 1360 g/mol. The van der Waals surface area contributed by atoms with E-state index in [1.165, 1.54) is 27.2 Å². The number of para-hydroxylation sites is 1. The van der Waals surface area contributed by atoms with Gasteiger partial charge in [0.25, 0.3) is 0 Å². The summed E-state index contributed by atoms with van der Waals surface area (Å²) >= 11 is 0. The molecule has 5 saturated heterocycles. The monoisotopic (exact) mass is 1440 g/mol. The number of aromatic nitrogens is 3. The van der Waals surface area contributed by atoms with Gasteiger partial charge >= 0.3 is 5.97 Å². The lowest BCUT2D eigenvalue weighted by Gasteiger charge is -2.33. The minimum Gasteiger partial charge on any atom is -0.480 e.